The molecule has 2 atom stereocenters. The molecule has 21 heavy (non-hydrogen) atoms. The molecule has 1 aromatic carbocycles. The molecule has 1 heterocycles. The van der Waals surface area contributed by atoms with Crippen LogP contribution >= 0.6 is 0 Å². The Hall–Kier alpha value is -1.50. The molecule has 0 aliphatic carbocycles. The second-order valence-corrected chi connectivity index (χ2v) is 5.05. The Morgan fingerprint density at radius 1 is 1.19 bits per heavy atom. The summed E-state index contributed by atoms with van der Waals surface area (Å²) in [6.07, 6.45) is 2.10. The molecule has 118 valence electrons. The van der Waals surface area contributed by atoms with Gasteiger partial charge in [0.15, 0.2) is 11.5 Å². The molecular formula is C15H24N2O4. The van der Waals surface area contributed by atoms with Gasteiger partial charge in [0, 0.05) is 18.1 Å². The molecule has 0 saturated carbocycles. The van der Waals surface area contributed by atoms with E-state index in [0.717, 1.165) is 25.0 Å². The van der Waals surface area contributed by atoms with Gasteiger partial charge in [0.05, 0.1) is 34.0 Å². The molecule has 2 unspecified atom stereocenters. The normalized spacial score (nSPS) is 19.9. The highest BCUT2D eigenvalue weighted by atomic mass is 16.5. The lowest BCUT2D eigenvalue weighted by Gasteiger charge is -2.31. The second kappa shape index (κ2) is 7.49. The summed E-state index contributed by atoms with van der Waals surface area (Å²) in [4.78, 5) is 0. The van der Waals surface area contributed by atoms with Crippen LogP contribution in [0, 0.1) is 5.92 Å². The zero-order chi connectivity index (χ0) is 15.2. The van der Waals surface area contributed by atoms with Crippen LogP contribution in [0.2, 0.25) is 0 Å². The predicted octanol–water partition coefficient (Wildman–Crippen LogP) is 1.64. The Labute approximate surface area is 125 Å². The highest BCUT2D eigenvalue weighted by Crippen LogP contribution is 2.44. The van der Waals surface area contributed by atoms with E-state index in [2.05, 4.69) is 5.43 Å². The highest BCUT2D eigenvalue weighted by molar-refractivity contribution is 5.56. The van der Waals surface area contributed by atoms with Gasteiger partial charge in [-0.05, 0) is 25.0 Å². The molecule has 1 aliphatic heterocycles. The van der Waals surface area contributed by atoms with Crippen molar-refractivity contribution in [3.8, 4) is 17.2 Å². The van der Waals surface area contributed by atoms with Gasteiger partial charge in [0.1, 0.15) is 0 Å². The van der Waals surface area contributed by atoms with E-state index in [1.54, 1.807) is 21.3 Å². The summed E-state index contributed by atoms with van der Waals surface area (Å²) in [5, 5.41) is 0. The Balaban J connectivity index is 2.40. The van der Waals surface area contributed by atoms with Crippen molar-refractivity contribution in [3.05, 3.63) is 17.7 Å². The molecular weight excluding hydrogens is 272 g/mol. The van der Waals surface area contributed by atoms with Crippen LogP contribution in [0.15, 0.2) is 12.1 Å². The van der Waals surface area contributed by atoms with Crippen LogP contribution in [0.3, 0.4) is 0 Å². The lowest BCUT2D eigenvalue weighted by atomic mass is 9.88. The van der Waals surface area contributed by atoms with E-state index in [-0.39, 0.29) is 6.04 Å². The fourth-order valence-corrected chi connectivity index (χ4v) is 2.88. The van der Waals surface area contributed by atoms with Crippen LogP contribution in [0.25, 0.3) is 0 Å². The Bertz CT molecular complexity index is 461. The van der Waals surface area contributed by atoms with Crippen molar-refractivity contribution in [3.63, 3.8) is 0 Å². The van der Waals surface area contributed by atoms with Crippen LogP contribution in [-0.2, 0) is 4.74 Å². The summed E-state index contributed by atoms with van der Waals surface area (Å²) in [5.41, 5.74) is 3.85. The molecule has 2 rings (SSSR count). The van der Waals surface area contributed by atoms with Gasteiger partial charge in [0.25, 0.3) is 0 Å². The van der Waals surface area contributed by atoms with Crippen LogP contribution in [0.4, 0.5) is 0 Å². The van der Waals surface area contributed by atoms with E-state index in [4.69, 9.17) is 24.8 Å². The number of nitrogens with two attached hydrogens (primary N) is 1. The van der Waals surface area contributed by atoms with Crippen molar-refractivity contribution in [2.24, 2.45) is 11.8 Å². The molecule has 0 aromatic heterocycles. The largest absolute Gasteiger partial charge is 0.493 e. The Kier molecular flexibility index (Phi) is 5.67. The minimum absolute atomic E-state index is 0.0555. The molecule has 0 radical (unpaired) electrons. The van der Waals surface area contributed by atoms with Crippen molar-refractivity contribution in [2.75, 3.05) is 34.5 Å². The topological polar surface area (TPSA) is 75.0 Å². The van der Waals surface area contributed by atoms with Crippen LogP contribution in [0.5, 0.6) is 17.2 Å². The number of nitrogens with one attached hydrogen (secondary N) is 1. The molecule has 1 fully saturated rings. The molecule has 1 saturated heterocycles. The summed E-state index contributed by atoms with van der Waals surface area (Å²) < 4.78 is 21.9. The number of ether oxygens (including phenoxy) is 4. The zero-order valence-corrected chi connectivity index (χ0v) is 12.8. The highest BCUT2D eigenvalue weighted by Gasteiger charge is 2.29. The van der Waals surface area contributed by atoms with Gasteiger partial charge in [-0.1, -0.05) is 0 Å². The summed E-state index contributed by atoms with van der Waals surface area (Å²) in [6, 6.07) is 3.77. The zero-order valence-electron chi connectivity index (χ0n) is 12.8. The Morgan fingerprint density at radius 3 is 2.48 bits per heavy atom. The smallest absolute Gasteiger partial charge is 0.203 e. The average molecular weight is 296 g/mol. The van der Waals surface area contributed by atoms with E-state index in [9.17, 15) is 0 Å². The fourth-order valence-electron chi connectivity index (χ4n) is 2.88. The van der Waals surface area contributed by atoms with E-state index < -0.39 is 0 Å². The molecule has 0 spiro atoms. The molecule has 1 aliphatic rings. The van der Waals surface area contributed by atoms with Gasteiger partial charge in [-0.25, -0.2) is 0 Å². The number of hydrazine groups is 1. The fraction of sp³-hybridized carbons (Fsp3) is 0.600. The van der Waals surface area contributed by atoms with Gasteiger partial charge in [0.2, 0.25) is 5.75 Å². The Morgan fingerprint density at radius 2 is 1.95 bits per heavy atom. The summed E-state index contributed by atoms with van der Waals surface area (Å²) in [6.45, 7) is 1.50. The van der Waals surface area contributed by atoms with Crippen LogP contribution in [-0.4, -0.2) is 34.5 Å². The second-order valence-electron chi connectivity index (χ2n) is 5.05. The van der Waals surface area contributed by atoms with E-state index in [1.165, 1.54) is 0 Å². The van der Waals surface area contributed by atoms with E-state index in [0.29, 0.717) is 29.8 Å². The molecule has 0 bridgehead atoms. The maximum atomic E-state index is 5.79. The average Bonchev–Trinajstić information content (AvgIpc) is 2.55. The van der Waals surface area contributed by atoms with E-state index in [1.807, 2.05) is 12.1 Å². The van der Waals surface area contributed by atoms with Crippen LogP contribution < -0.4 is 25.5 Å². The van der Waals surface area contributed by atoms with Gasteiger partial charge < -0.3 is 18.9 Å². The number of benzene rings is 1. The lowest BCUT2D eigenvalue weighted by molar-refractivity contribution is 0.0386. The standard InChI is InChI=1S/C15H24N2O4/c1-18-12-7-6-11(14(19-2)15(12)20-3)13(17-16)10-5-4-8-21-9-10/h6-7,10,13,17H,4-5,8-9,16H2,1-3H3. The number of hydrogen-bond donors (Lipinski definition) is 2. The van der Waals surface area contributed by atoms with Crippen LogP contribution in [0.1, 0.15) is 24.4 Å². The van der Waals surface area contributed by atoms with Crippen molar-refractivity contribution in [1.82, 2.24) is 5.43 Å². The maximum Gasteiger partial charge on any atom is 0.203 e. The first-order valence-corrected chi connectivity index (χ1v) is 7.09. The summed E-state index contributed by atoms with van der Waals surface area (Å²) in [5.74, 6) is 7.94. The molecule has 6 heteroatoms. The summed E-state index contributed by atoms with van der Waals surface area (Å²) in [7, 11) is 4.81. The van der Waals surface area contributed by atoms with Crippen molar-refractivity contribution < 1.29 is 18.9 Å². The molecule has 0 amide bonds. The minimum atomic E-state index is -0.0555. The molecule has 3 N–H and O–H groups in total. The quantitative estimate of drug-likeness (QED) is 0.614. The summed E-state index contributed by atoms with van der Waals surface area (Å²) >= 11 is 0. The van der Waals surface area contributed by atoms with Crippen molar-refractivity contribution in [2.45, 2.75) is 18.9 Å². The minimum Gasteiger partial charge on any atom is -0.493 e. The van der Waals surface area contributed by atoms with E-state index >= 15 is 0 Å². The third-order valence-electron chi connectivity index (χ3n) is 3.92. The maximum absolute atomic E-state index is 5.79. The monoisotopic (exact) mass is 296 g/mol. The molecule has 6 nitrogen and oxygen atoms in total. The predicted molar refractivity (Wildman–Crippen MR) is 79.7 cm³/mol. The number of hydrogen-bond acceptors (Lipinski definition) is 6. The molecule has 1 aromatic rings. The van der Waals surface area contributed by atoms with Gasteiger partial charge >= 0.3 is 0 Å². The van der Waals surface area contributed by atoms with Gasteiger partial charge in [-0.3, -0.25) is 11.3 Å². The first-order valence-electron chi connectivity index (χ1n) is 7.09. The van der Waals surface area contributed by atoms with Crippen molar-refractivity contribution >= 4 is 0 Å². The van der Waals surface area contributed by atoms with Gasteiger partial charge in [-0.15, -0.1) is 0 Å². The van der Waals surface area contributed by atoms with Gasteiger partial charge in [-0.2, -0.15) is 0 Å². The SMILES string of the molecule is COc1ccc(C(NN)C2CCCOC2)c(OC)c1OC. The number of methoxy groups -OCH3 is 3. The third kappa shape index (κ3) is 3.23. The third-order valence-corrected chi connectivity index (χ3v) is 3.92. The first kappa shape index (κ1) is 15.9. The first-order chi connectivity index (χ1) is 10.3. The lowest BCUT2D eigenvalue weighted by Crippen LogP contribution is -2.37. The van der Waals surface area contributed by atoms with Crippen molar-refractivity contribution in [1.29, 1.82) is 0 Å². The number of rotatable bonds is 6.